The number of imidazole rings is 1. The lowest BCUT2D eigenvalue weighted by atomic mass is 10.1. The van der Waals surface area contributed by atoms with Crippen molar-refractivity contribution in [3.05, 3.63) is 52.6 Å². The molecule has 3 rings (SSSR count). The van der Waals surface area contributed by atoms with E-state index < -0.39 is 0 Å². The van der Waals surface area contributed by atoms with Crippen molar-refractivity contribution >= 4 is 11.6 Å². The Morgan fingerprint density at radius 3 is 3.00 bits per heavy atom. The Morgan fingerprint density at radius 2 is 2.21 bits per heavy atom. The number of aromatic nitrogens is 2. The van der Waals surface area contributed by atoms with E-state index in [0.29, 0.717) is 6.04 Å². The first kappa shape index (κ1) is 12.7. The molecule has 1 aliphatic carbocycles. The molecule has 0 fully saturated rings. The molecule has 1 aliphatic rings. The highest BCUT2D eigenvalue weighted by Gasteiger charge is 2.20. The van der Waals surface area contributed by atoms with Gasteiger partial charge in [-0.2, -0.15) is 0 Å². The number of rotatable bonds is 4. The van der Waals surface area contributed by atoms with Crippen molar-refractivity contribution in [2.75, 3.05) is 6.54 Å². The predicted molar refractivity (Wildman–Crippen MR) is 77.6 cm³/mol. The van der Waals surface area contributed by atoms with Gasteiger partial charge in [-0.1, -0.05) is 17.7 Å². The molecule has 1 atom stereocenters. The summed E-state index contributed by atoms with van der Waals surface area (Å²) in [5.41, 5.74) is 2.82. The summed E-state index contributed by atoms with van der Waals surface area (Å²) in [4.78, 5) is 4.34. The van der Waals surface area contributed by atoms with Crippen molar-refractivity contribution in [3.63, 3.8) is 0 Å². The molecule has 0 aliphatic heterocycles. The summed E-state index contributed by atoms with van der Waals surface area (Å²) in [7, 11) is 2.04. The van der Waals surface area contributed by atoms with Gasteiger partial charge in [0.15, 0.2) is 0 Å². The van der Waals surface area contributed by atoms with E-state index in [0.717, 1.165) is 36.7 Å². The molecule has 1 aromatic carbocycles. The molecule has 2 aromatic rings. The first-order chi connectivity index (χ1) is 9.22. The van der Waals surface area contributed by atoms with Gasteiger partial charge >= 0.3 is 0 Å². The summed E-state index contributed by atoms with van der Waals surface area (Å²) in [6.07, 6.45) is 6.99. The third-order valence-electron chi connectivity index (χ3n) is 3.80. The minimum atomic E-state index is 0.536. The molecule has 4 heteroatoms. The minimum absolute atomic E-state index is 0.536. The smallest absolute Gasteiger partial charge is 0.109 e. The normalized spacial score (nSPS) is 17.7. The monoisotopic (exact) mass is 275 g/mol. The number of hydrogen-bond donors (Lipinski definition) is 1. The average Bonchev–Trinajstić information content (AvgIpc) is 2.95. The van der Waals surface area contributed by atoms with Crippen LogP contribution < -0.4 is 5.32 Å². The van der Waals surface area contributed by atoms with Gasteiger partial charge in [-0.15, -0.1) is 0 Å². The van der Waals surface area contributed by atoms with Crippen LogP contribution in [-0.4, -0.2) is 22.1 Å². The van der Waals surface area contributed by atoms with Crippen molar-refractivity contribution in [1.82, 2.24) is 14.9 Å². The standard InChI is InChI=1S/C15H18ClN3/c1-19-7-6-18-15(19)4-5-17-14-9-11-2-3-13(16)8-12(11)10-14/h2-3,6-8,14,17H,4-5,9-10H2,1H3. The van der Waals surface area contributed by atoms with Gasteiger partial charge in [0.25, 0.3) is 0 Å². The average molecular weight is 276 g/mol. The highest BCUT2D eigenvalue weighted by atomic mass is 35.5. The van der Waals surface area contributed by atoms with Crippen LogP contribution >= 0.6 is 11.6 Å². The van der Waals surface area contributed by atoms with Crippen LogP contribution in [0.2, 0.25) is 5.02 Å². The van der Waals surface area contributed by atoms with Crippen LogP contribution in [0.5, 0.6) is 0 Å². The maximum atomic E-state index is 6.03. The van der Waals surface area contributed by atoms with Crippen LogP contribution in [0.4, 0.5) is 0 Å². The fourth-order valence-electron chi connectivity index (χ4n) is 2.76. The van der Waals surface area contributed by atoms with Crippen molar-refractivity contribution in [2.45, 2.75) is 25.3 Å². The Bertz CT molecular complexity index is 577. The first-order valence-corrected chi connectivity index (χ1v) is 7.07. The molecule has 1 aromatic heterocycles. The Labute approximate surface area is 118 Å². The van der Waals surface area contributed by atoms with Gasteiger partial charge in [0.05, 0.1) is 0 Å². The Kier molecular flexibility index (Phi) is 3.58. The van der Waals surface area contributed by atoms with Crippen LogP contribution in [0.3, 0.4) is 0 Å². The van der Waals surface area contributed by atoms with Crippen LogP contribution in [-0.2, 0) is 26.3 Å². The van der Waals surface area contributed by atoms with Crippen LogP contribution in [0, 0.1) is 0 Å². The highest BCUT2D eigenvalue weighted by Crippen LogP contribution is 2.25. The van der Waals surface area contributed by atoms with Crippen LogP contribution in [0.1, 0.15) is 17.0 Å². The van der Waals surface area contributed by atoms with E-state index in [9.17, 15) is 0 Å². The van der Waals surface area contributed by atoms with E-state index in [1.165, 1.54) is 11.1 Å². The minimum Gasteiger partial charge on any atom is -0.338 e. The van der Waals surface area contributed by atoms with Crippen LogP contribution in [0.25, 0.3) is 0 Å². The van der Waals surface area contributed by atoms with Crippen molar-refractivity contribution < 1.29 is 0 Å². The zero-order valence-corrected chi connectivity index (χ0v) is 11.8. The van der Waals surface area contributed by atoms with E-state index >= 15 is 0 Å². The second kappa shape index (κ2) is 5.35. The molecule has 1 unspecified atom stereocenters. The summed E-state index contributed by atoms with van der Waals surface area (Å²) in [6, 6.07) is 6.76. The summed E-state index contributed by atoms with van der Waals surface area (Å²) in [5, 5.41) is 4.46. The largest absolute Gasteiger partial charge is 0.338 e. The third-order valence-corrected chi connectivity index (χ3v) is 4.04. The van der Waals surface area contributed by atoms with E-state index in [1.807, 2.05) is 25.5 Å². The van der Waals surface area contributed by atoms with E-state index in [2.05, 4.69) is 27.0 Å². The molecule has 19 heavy (non-hydrogen) atoms. The van der Waals surface area contributed by atoms with Crippen molar-refractivity contribution in [3.8, 4) is 0 Å². The predicted octanol–water partition coefficient (Wildman–Crippen LogP) is 2.37. The fraction of sp³-hybridized carbons (Fsp3) is 0.400. The lowest BCUT2D eigenvalue weighted by molar-refractivity contribution is 0.528. The summed E-state index contributed by atoms with van der Waals surface area (Å²) in [5.74, 6) is 1.13. The lowest BCUT2D eigenvalue weighted by Crippen LogP contribution is -2.31. The Morgan fingerprint density at radius 1 is 1.37 bits per heavy atom. The number of benzene rings is 1. The number of fused-ring (bicyclic) bond motifs is 1. The Hall–Kier alpha value is -1.32. The molecular formula is C15H18ClN3. The van der Waals surface area contributed by atoms with Crippen molar-refractivity contribution in [2.24, 2.45) is 7.05 Å². The topological polar surface area (TPSA) is 29.9 Å². The van der Waals surface area contributed by atoms with Gasteiger partial charge in [0.1, 0.15) is 5.82 Å². The first-order valence-electron chi connectivity index (χ1n) is 6.69. The summed E-state index contributed by atoms with van der Waals surface area (Å²) < 4.78 is 2.07. The Balaban J connectivity index is 1.52. The molecule has 1 N–H and O–H groups in total. The SMILES string of the molecule is Cn1ccnc1CCNC1Cc2ccc(Cl)cc2C1. The zero-order chi connectivity index (χ0) is 13.2. The molecular weight excluding hydrogens is 258 g/mol. The van der Waals surface area contributed by atoms with Crippen molar-refractivity contribution in [1.29, 1.82) is 0 Å². The van der Waals surface area contributed by atoms with Gasteiger partial charge in [-0.25, -0.2) is 4.98 Å². The molecule has 1 heterocycles. The molecule has 0 saturated carbocycles. The molecule has 100 valence electrons. The molecule has 0 spiro atoms. The highest BCUT2D eigenvalue weighted by molar-refractivity contribution is 6.30. The van der Waals surface area contributed by atoms with Gasteiger partial charge in [0.2, 0.25) is 0 Å². The molecule has 3 nitrogen and oxygen atoms in total. The van der Waals surface area contributed by atoms with Gasteiger partial charge < -0.3 is 9.88 Å². The maximum absolute atomic E-state index is 6.03. The van der Waals surface area contributed by atoms with E-state index in [4.69, 9.17) is 11.6 Å². The zero-order valence-electron chi connectivity index (χ0n) is 11.1. The number of aryl methyl sites for hydroxylation is 1. The summed E-state index contributed by atoms with van der Waals surface area (Å²) >= 11 is 6.03. The maximum Gasteiger partial charge on any atom is 0.109 e. The molecule has 0 radical (unpaired) electrons. The third kappa shape index (κ3) is 2.82. The number of nitrogens with zero attached hydrogens (tertiary/aromatic N) is 2. The molecule has 0 bridgehead atoms. The number of nitrogens with one attached hydrogen (secondary N) is 1. The van der Waals surface area contributed by atoms with E-state index in [1.54, 1.807) is 0 Å². The number of hydrogen-bond acceptors (Lipinski definition) is 2. The lowest BCUT2D eigenvalue weighted by Gasteiger charge is -2.11. The van der Waals surface area contributed by atoms with Gasteiger partial charge in [-0.3, -0.25) is 0 Å². The van der Waals surface area contributed by atoms with Gasteiger partial charge in [0, 0.05) is 43.5 Å². The van der Waals surface area contributed by atoms with Gasteiger partial charge in [-0.05, 0) is 36.1 Å². The van der Waals surface area contributed by atoms with Crippen LogP contribution in [0.15, 0.2) is 30.6 Å². The fourth-order valence-corrected chi connectivity index (χ4v) is 2.95. The second-order valence-corrected chi connectivity index (χ2v) is 5.61. The van der Waals surface area contributed by atoms with E-state index in [-0.39, 0.29) is 0 Å². The molecule has 0 amide bonds. The molecule has 0 saturated heterocycles. The second-order valence-electron chi connectivity index (χ2n) is 5.18. The summed E-state index contributed by atoms with van der Waals surface area (Å²) in [6.45, 7) is 0.969. The number of halogens is 1. The quantitative estimate of drug-likeness (QED) is 0.928.